The van der Waals surface area contributed by atoms with Gasteiger partial charge < -0.3 is 4.74 Å². The Labute approximate surface area is 83.2 Å². The minimum Gasteiger partial charge on any atom is -0.497 e. The lowest BCUT2D eigenvalue weighted by molar-refractivity contribution is 0.414. The minimum absolute atomic E-state index is 0.225. The molecule has 0 fully saturated rings. The molecule has 0 spiro atoms. The summed E-state index contributed by atoms with van der Waals surface area (Å²) in [4.78, 5) is 0. The van der Waals surface area contributed by atoms with Crippen molar-refractivity contribution in [1.82, 2.24) is 0 Å². The summed E-state index contributed by atoms with van der Waals surface area (Å²) < 4.78 is 4.99. The lowest BCUT2D eigenvalue weighted by Gasteiger charge is -2.05. The first-order valence-electron chi connectivity index (χ1n) is 4.22. The summed E-state index contributed by atoms with van der Waals surface area (Å²) in [5, 5.41) is 17.3. The van der Waals surface area contributed by atoms with E-state index in [-0.39, 0.29) is 12.3 Å². The van der Waals surface area contributed by atoms with E-state index >= 15 is 0 Å². The molecule has 0 saturated carbocycles. The number of ether oxygens (including phenoxy) is 1. The van der Waals surface area contributed by atoms with E-state index in [0.717, 1.165) is 11.3 Å². The molecule has 14 heavy (non-hydrogen) atoms. The molecule has 3 nitrogen and oxygen atoms in total. The molecule has 0 aliphatic rings. The van der Waals surface area contributed by atoms with Gasteiger partial charge in [0.05, 0.1) is 31.6 Å². The summed E-state index contributed by atoms with van der Waals surface area (Å²) >= 11 is 0. The molecule has 0 saturated heterocycles. The van der Waals surface area contributed by atoms with Gasteiger partial charge in [0, 0.05) is 0 Å². The number of nitrogens with zero attached hydrogens (tertiary/aromatic N) is 2. The number of rotatable bonds is 3. The highest BCUT2D eigenvalue weighted by molar-refractivity contribution is 5.32. The van der Waals surface area contributed by atoms with Crippen molar-refractivity contribution >= 4 is 0 Å². The van der Waals surface area contributed by atoms with Crippen LogP contribution in [0.3, 0.4) is 0 Å². The number of hydrogen-bond donors (Lipinski definition) is 0. The van der Waals surface area contributed by atoms with Crippen molar-refractivity contribution in [3.63, 3.8) is 0 Å². The average Bonchev–Trinajstić information content (AvgIpc) is 2.26. The summed E-state index contributed by atoms with van der Waals surface area (Å²) in [6, 6.07) is 11.3. The van der Waals surface area contributed by atoms with Gasteiger partial charge in [0.25, 0.3) is 0 Å². The lowest BCUT2D eigenvalue weighted by atomic mass is 9.98. The Kier molecular flexibility index (Phi) is 3.52. The van der Waals surface area contributed by atoms with Gasteiger partial charge in [0.15, 0.2) is 0 Å². The van der Waals surface area contributed by atoms with E-state index in [0.29, 0.717) is 0 Å². The molecule has 0 N–H and O–H groups in total. The van der Waals surface area contributed by atoms with Crippen LogP contribution in [0.5, 0.6) is 5.75 Å². The first kappa shape index (κ1) is 10.1. The molecule has 70 valence electrons. The normalized spacial score (nSPS) is 11.1. The zero-order valence-electron chi connectivity index (χ0n) is 7.90. The van der Waals surface area contributed by atoms with E-state index in [2.05, 4.69) is 6.07 Å². The summed E-state index contributed by atoms with van der Waals surface area (Å²) in [7, 11) is 1.59. The van der Waals surface area contributed by atoms with Crippen molar-refractivity contribution in [2.45, 2.75) is 12.3 Å². The molecule has 1 rings (SSSR count). The van der Waals surface area contributed by atoms with Crippen LogP contribution >= 0.6 is 0 Å². The molecule has 0 heterocycles. The van der Waals surface area contributed by atoms with Crippen LogP contribution in [0.25, 0.3) is 0 Å². The van der Waals surface area contributed by atoms with Crippen LogP contribution in [0.1, 0.15) is 17.9 Å². The second-order valence-corrected chi connectivity index (χ2v) is 2.82. The minimum atomic E-state index is -0.342. The van der Waals surface area contributed by atoms with Crippen LogP contribution in [-0.4, -0.2) is 7.11 Å². The largest absolute Gasteiger partial charge is 0.497 e. The number of hydrogen-bond acceptors (Lipinski definition) is 3. The van der Waals surface area contributed by atoms with Gasteiger partial charge >= 0.3 is 0 Å². The number of benzene rings is 1. The van der Waals surface area contributed by atoms with Gasteiger partial charge in [-0.15, -0.1) is 0 Å². The van der Waals surface area contributed by atoms with Crippen LogP contribution in [0.2, 0.25) is 0 Å². The SMILES string of the molecule is COc1ccc([C@H](C#N)CC#N)cc1. The van der Waals surface area contributed by atoms with Crippen molar-refractivity contribution in [2.24, 2.45) is 0 Å². The Morgan fingerprint density at radius 2 is 1.93 bits per heavy atom. The summed E-state index contributed by atoms with van der Waals surface area (Å²) in [5.41, 5.74) is 0.856. The maximum absolute atomic E-state index is 8.80. The number of nitriles is 2. The second kappa shape index (κ2) is 4.89. The Hall–Kier alpha value is -2.00. The zero-order chi connectivity index (χ0) is 10.4. The van der Waals surface area contributed by atoms with E-state index in [1.165, 1.54) is 0 Å². The van der Waals surface area contributed by atoms with Gasteiger partial charge in [-0.1, -0.05) is 12.1 Å². The van der Waals surface area contributed by atoms with Gasteiger partial charge in [0.1, 0.15) is 5.75 Å². The Morgan fingerprint density at radius 3 is 2.36 bits per heavy atom. The van der Waals surface area contributed by atoms with Gasteiger partial charge in [-0.2, -0.15) is 10.5 Å². The van der Waals surface area contributed by atoms with Crippen molar-refractivity contribution in [2.75, 3.05) is 7.11 Å². The summed E-state index contributed by atoms with van der Waals surface area (Å²) in [6.45, 7) is 0. The third-order valence-electron chi connectivity index (χ3n) is 1.97. The molecule has 0 aliphatic carbocycles. The van der Waals surface area contributed by atoms with Crippen LogP contribution in [0, 0.1) is 22.7 Å². The van der Waals surface area contributed by atoms with Gasteiger partial charge in [-0.25, -0.2) is 0 Å². The first-order chi connectivity index (χ1) is 6.81. The summed E-state index contributed by atoms with van der Waals surface area (Å²) in [6.07, 6.45) is 0.225. The fourth-order valence-electron chi connectivity index (χ4n) is 1.17. The fourth-order valence-corrected chi connectivity index (χ4v) is 1.17. The van der Waals surface area contributed by atoms with Crippen molar-refractivity contribution in [1.29, 1.82) is 10.5 Å². The first-order valence-corrected chi connectivity index (χ1v) is 4.22. The van der Waals surface area contributed by atoms with E-state index in [1.54, 1.807) is 19.2 Å². The molecule has 0 aromatic heterocycles. The number of methoxy groups -OCH3 is 1. The standard InChI is InChI=1S/C11H10N2O/c1-14-11-4-2-9(3-5-11)10(8-13)6-7-12/h2-5,10H,6H2,1H3/t10-/m0/s1. The summed E-state index contributed by atoms with van der Waals surface area (Å²) in [5.74, 6) is 0.410. The molecule has 0 amide bonds. The fraction of sp³-hybridized carbons (Fsp3) is 0.273. The topological polar surface area (TPSA) is 56.8 Å². The molecule has 0 aliphatic heterocycles. The third kappa shape index (κ3) is 2.24. The smallest absolute Gasteiger partial charge is 0.118 e. The van der Waals surface area contributed by atoms with Crippen LogP contribution in [0.15, 0.2) is 24.3 Å². The van der Waals surface area contributed by atoms with Crippen molar-refractivity contribution in [3.8, 4) is 17.9 Å². The van der Waals surface area contributed by atoms with Crippen LogP contribution in [0.4, 0.5) is 0 Å². The Bertz CT molecular complexity index is 370. The maximum atomic E-state index is 8.80. The Morgan fingerprint density at radius 1 is 1.29 bits per heavy atom. The van der Waals surface area contributed by atoms with Crippen molar-refractivity contribution in [3.05, 3.63) is 29.8 Å². The second-order valence-electron chi connectivity index (χ2n) is 2.82. The molecule has 0 radical (unpaired) electrons. The molecular formula is C11H10N2O. The predicted octanol–water partition coefficient (Wildman–Crippen LogP) is 2.22. The van der Waals surface area contributed by atoms with E-state index in [9.17, 15) is 0 Å². The lowest BCUT2D eigenvalue weighted by Crippen LogP contribution is -1.94. The predicted molar refractivity (Wildman–Crippen MR) is 51.6 cm³/mol. The quantitative estimate of drug-likeness (QED) is 0.727. The van der Waals surface area contributed by atoms with E-state index in [1.807, 2.05) is 18.2 Å². The third-order valence-corrected chi connectivity index (χ3v) is 1.97. The molecular weight excluding hydrogens is 176 g/mol. The highest BCUT2D eigenvalue weighted by Gasteiger charge is 2.09. The zero-order valence-corrected chi connectivity index (χ0v) is 7.90. The van der Waals surface area contributed by atoms with Crippen molar-refractivity contribution < 1.29 is 4.74 Å². The van der Waals surface area contributed by atoms with E-state index < -0.39 is 0 Å². The van der Waals surface area contributed by atoms with Gasteiger partial charge in [-0.05, 0) is 17.7 Å². The maximum Gasteiger partial charge on any atom is 0.118 e. The molecule has 0 unspecified atom stereocenters. The molecule has 1 aromatic carbocycles. The molecule has 3 heteroatoms. The van der Waals surface area contributed by atoms with E-state index in [4.69, 9.17) is 15.3 Å². The highest BCUT2D eigenvalue weighted by atomic mass is 16.5. The molecule has 0 bridgehead atoms. The molecule has 1 aromatic rings. The Balaban J connectivity index is 2.86. The average molecular weight is 186 g/mol. The molecule has 1 atom stereocenters. The van der Waals surface area contributed by atoms with Gasteiger partial charge in [0.2, 0.25) is 0 Å². The van der Waals surface area contributed by atoms with Crippen LogP contribution < -0.4 is 4.74 Å². The monoisotopic (exact) mass is 186 g/mol. The van der Waals surface area contributed by atoms with Gasteiger partial charge in [-0.3, -0.25) is 0 Å². The van der Waals surface area contributed by atoms with Crippen LogP contribution in [-0.2, 0) is 0 Å². The highest BCUT2D eigenvalue weighted by Crippen LogP contribution is 2.21.